The number of fused-ring (bicyclic) bond motifs is 1. The molecule has 0 spiro atoms. The molecule has 1 aromatic heterocycles. The Morgan fingerprint density at radius 3 is 2.74 bits per heavy atom. The highest BCUT2D eigenvalue weighted by Crippen LogP contribution is 2.32. The van der Waals surface area contributed by atoms with Crippen LogP contribution in [0, 0.1) is 5.92 Å². The molecule has 3 aromatic rings. The lowest BCUT2D eigenvalue weighted by Gasteiger charge is -2.25. The normalized spacial score (nSPS) is 14.9. The van der Waals surface area contributed by atoms with Crippen molar-refractivity contribution >= 4 is 17.5 Å². The number of carbonyl (C=O) groups is 2. The van der Waals surface area contributed by atoms with Gasteiger partial charge in [-0.15, -0.1) is 0 Å². The van der Waals surface area contributed by atoms with Crippen LogP contribution in [0.5, 0.6) is 11.5 Å². The van der Waals surface area contributed by atoms with Gasteiger partial charge < -0.3 is 19.7 Å². The second-order valence-corrected chi connectivity index (χ2v) is 7.62. The largest absolute Gasteiger partial charge is 0.497 e. The molecule has 4 rings (SSSR count). The number of hydrogen-bond acceptors (Lipinski definition) is 5. The van der Waals surface area contributed by atoms with Gasteiger partial charge in [0.2, 0.25) is 5.91 Å². The van der Waals surface area contributed by atoms with Gasteiger partial charge in [0.1, 0.15) is 18.1 Å². The van der Waals surface area contributed by atoms with E-state index in [-0.39, 0.29) is 24.3 Å². The van der Waals surface area contributed by atoms with E-state index in [1.165, 1.54) is 4.90 Å². The van der Waals surface area contributed by atoms with Crippen molar-refractivity contribution in [3.05, 3.63) is 59.9 Å². The molecule has 0 aliphatic carbocycles. The minimum absolute atomic E-state index is 0.197. The molecule has 0 unspecified atom stereocenters. The molecule has 2 amide bonds. The Morgan fingerprint density at radius 2 is 2.03 bits per heavy atom. The van der Waals surface area contributed by atoms with E-state index in [2.05, 4.69) is 15.5 Å². The number of anilines is 1. The SMILES string of the molecule is COc1ccc2c(c1)C[C@H](C(=O)Nc1ccc(-c3cn[nH]c3)cc1C(=O)N(C)C)CO2. The zero-order valence-corrected chi connectivity index (χ0v) is 17.6. The first kappa shape index (κ1) is 20.5. The van der Waals surface area contributed by atoms with Crippen LogP contribution >= 0.6 is 0 Å². The van der Waals surface area contributed by atoms with Gasteiger partial charge in [0.15, 0.2) is 0 Å². The van der Waals surface area contributed by atoms with Crippen molar-refractivity contribution in [2.45, 2.75) is 6.42 Å². The van der Waals surface area contributed by atoms with Gasteiger partial charge in [-0.1, -0.05) is 6.07 Å². The monoisotopic (exact) mass is 420 g/mol. The number of hydrogen-bond donors (Lipinski definition) is 2. The summed E-state index contributed by atoms with van der Waals surface area (Å²) in [4.78, 5) is 27.3. The van der Waals surface area contributed by atoms with Gasteiger partial charge in [-0.25, -0.2) is 0 Å². The second-order valence-electron chi connectivity index (χ2n) is 7.62. The third-order valence-corrected chi connectivity index (χ3v) is 5.29. The van der Waals surface area contributed by atoms with E-state index in [4.69, 9.17) is 9.47 Å². The van der Waals surface area contributed by atoms with Crippen LogP contribution in [0.15, 0.2) is 48.8 Å². The molecule has 8 nitrogen and oxygen atoms in total. The van der Waals surface area contributed by atoms with Gasteiger partial charge in [0, 0.05) is 25.9 Å². The maximum atomic E-state index is 13.0. The number of methoxy groups -OCH3 is 1. The molecule has 2 aromatic carbocycles. The summed E-state index contributed by atoms with van der Waals surface area (Å²) >= 11 is 0. The van der Waals surface area contributed by atoms with Crippen LogP contribution in [0.4, 0.5) is 5.69 Å². The molecule has 0 radical (unpaired) electrons. The number of carbonyl (C=O) groups excluding carboxylic acids is 2. The first-order valence-corrected chi connectivity index (χ1v) is 9.91. The van der Waals surface area contributed by atoms with Crippen LogP contribution in [0.2, 0.25) is 0 Å². The number of rotatable bonds is 5. The van der Waals surface area contributed by atoms with Gasteiger partial charge in [0.25, 0.3) is 5.91 Å². The number of nitrogens with zero attached hydrogens (tertiary/aromatic N) is 2. The highest BCUT2D eigenvalue weighted by Gasteiger charge is 2.27. The Labute approximate surface area is 180 Å². The van der Waals surface area contributed by atoms with E-state index < -0.39 is 0 Å². The molecule has 31 heavy (non-hydrogen) atoms. The van der Waals surface area contributed by atoms with Crippen LogP contribution in [0.3, 0.4) is 0 Å². The smallest absolute Gasteiger partial charge is 0.255 e. The highest BCUT2D eigenvalue weighted by molar-refractivity contribution is 6.05. The molecular formula is C23H24N4O4. The van der Waals surface area contributed by atoms with E-state index in [1.54, 1.807) is 45.7 Å². The fourth-order valence-electron chi connectivity index (χ4n) is 3.56. The third-order valence-electron chi connectivity index (χ3n) is 5.29. The minimum atomic E-state index is -0.379. The summed E-state index contributed by atoms with van der Waals surface area (Å²) < 4.78 is 11.0. The Hall–Kier alpha value is -3.81. The topological polar surface area (TPSA) is 96.5 Å². The summed E-state index contributed by atoms with van der Waals surface area (Å²) in [6, 6.07) is 10.9. The lowest BCUT2D eigenvalue weighted by molar-refractivity contribution is -0.121. The standard InChI is InChI=1S/C23H24N4O4/c1-27(2)23(29)19-10-14(17-11-24-25-12-17)4-6-20(19)26-22(28)16-8-15-9-18(30-3)5-7-21(15)31-13-16/h4-7,9-12,16H,8,13H2,1-3H3,(H,24,25)(H,26,28)/t16-/m0/s1. The van der Waals surface area contributed by atoms with E-state index >= 15 is 0 Å². The van der Waals surface area contributed by atoms with Crippen LogP contribution in [-0.4, -0.2) is 54.7 Å². The summed E-state index contributed by atoms with van der Waals surface area (Å²) in [6.07, 6.45) is 3.97. The van der Waals surface area contributed by atoms with Gasteiger partial charge in [0.05, 0.1) is 30.5 Å². The lowest BCUT2D eigenvalue weighted by atomic mass is 9.95. The number of H-pyrrole nitrogens is 1. The van der Waals surface area contributed by atoms with Crippen molar-refractivity contribution in [3.8, 4) is 22.6 Å². The molecule has 0 fully saturated rings. The van der Waals surface area contributed by atoms with Crippen LogP contribution in [0.1, 0.15) is 15.9 Å². The summed E-state index contributed by atoms with van der Waals surface area (Å²) in [5, 5.41) is 9.65. The summed E-state index contributed by atoms with van der Waals surface area (Å²) in [5.41, 5.74) is 3.49. The fraction of sp³-hybridized carbons (Fsp3) is 0.261. The zero-order chi connectivity index (χ0) is 22.0. The molecular weight excluding hydrogens is 396 g/mol. The van der Waals surface area contributed by atoms with Gasteiger partial charge in [-0.2, -0.15) is 5.10 Å². The summed E-state index contributed by atoms with van der Waals surface area (Å²) in [7, 11) is 4.96. The van der Waals surface area contributed by atoms with E-state index in [0.717, 1.165) is 28.2 Å². The van der Waals surface area contributed by atoms with Crippen molar-refractivity contribution in [2.75, 3.05) is 33.1 Å². The Balaban J connectivity index is 1.58. The molecule has 8 heteroatoms. The van der Waals surface area contributed by atoms with Crippen LogP contribution in [0.25, 0.3) is 11.1 Å². The fourth-order valence-corrected chi connectivity index (χ4v) is 3.56. The Kier molecular flexibility index (Phi) is 5.62. The number of amides is 2. The second kappa shape index (κ2) is 8.51. The van der Waals surface area contributed by atoms with Crippen molar-refractivity contribution in [1.29, 1.82) is 0 Å². The maximum absolute atomic E-state index is 13.0. The Morgan fingerprint density at radius 1 is 1.19 bits per heavy atom. The van der Waals surface area contributed by atoms with E-state index in [1.807, 2.05) is 24.3 Å². The summed E-state index contributed by atoms with van der Waals surface area (Å²) in [6.45, 7) is 0.273. The average molecular weight is 420 g/mol. The Bertz CT molecular complexity index is 1110. The van der Waals surface area contributed by atoms with Gasteiger partial charge in [-0.3, -0.25) is 14.7 Å². The molecule has 160 valence electrons. The predicted molar refractivity (Wildman–Crippen MR) is 116 cm³/mol. The minimum Gasteiger partial charge on any atom is -0.497 e. The molecule has 2 N–H and O–H groups in total. The molecule has 0 saturated heterocycles. The number of benzene rings is 2. The van der Waals surface area contributed by atoms with Crippen molar-refractivity contribution in [1.82, 2.24) is 15.1 Å². The van der Waals surface area contributed by atoms with E-state index in [9.17, 15) is 9.59 Å². The predicted octanol–water partition coefficient (Wildman–Crippen LogP) is 2.98. The van der Waals surface area contributed by atoms with Gasteiger partial charge in [-0.05, 0) is 47.9 Å². The third kappa shape index (κ3) is 4.23. The zero-order valence-electron chi connectivity index (χ0n) is 17.6. The van der Waals surface area contributed by atoms with Crippen molar-refractivity contribution < 1.29 is 19.1 Å². The number of aromatic nitrogens is 2. The maximum Gasteiger partial charge on any atom is 0.255 e. The molecule has 1 aliphatic rings. The van der Waals surface area contributed by atoms with Crippen LogP contribution in [-0.2, 0) is 11.2 Å². The average Bonchev–Trinajstić information content (AvgIpc) is 3.33. The van der Waals surface area contributed by atoms with Crippen molar-refractivity contribution in [2.24, 2.45) is 5.92 Å². The summed E-state index contributed by atoms with van der Waals surface area (Å²) in [5.74, 6) is 0.707. The quantitative estimate of drug-likeness (QED) is 0.662. The highest BCUT2D eigenvalue weighted by atomic mass is 16.5. The molecule has 0 saturated carbocycles. The number of ether oxygens (including phenoxy) is 2. The van der Waals surface area contributed by atoms with E-state index in [0.29, 0.717) is 17.7 Å². The molecule has 2 heterocycles. The lowest BCUT2D eigenvalue weighted by Crippen LogP contribution is -2.33. The first-order chi connectivity index (χ1) is 15.0. The molecule has 0 bridgehead atoms. The molecule has 1 atom stereocenters. The van der Waals surface area contributed by atoms with Gasteiger partial charge >= 0.3 is 0 Å². The van der Waals surface area contributed by atoms with Crippen molar-refractivity contribution in [3.63, 3.8) is 0 Å². The first-order valence-electron chi connectivity index (χ1n) is 9.91. The molecule has 1 aliphatic heterocycles. The number of aromatic amines is 1. The van der Waals surface area contributed by atoms with Crippen LogP contribution < -0.4 is 14.8 Å². The number of nitrogens with one attached hydrogen (secondary N) is 2.